The summed E-state index contributed by atoms with van der Waals surface area (Å²) in [5.74, 6) is 0. The number of rotatable bonds is 0. The van der Waals surface area contributed by atoms with Crippen LogP contribution in [0.1, 0.15) is 6.92 Å². The second-order valence-electron chi connectivity index (χ2n) is 1.62. The fourth-order valence-electron chi connectivity index (χ4n) is 0.559. The maximum atomic E-state index is 8.86. The van der Waals surface area contributed by atoms with Gasteiger partial charge in [-0.25, -0.2) is 0 Å². The zero-order chi connectivity index (χ0) is 6.15. The molecule has 2 atom stereocenters. The van der Waals surface area contributed by atoms with Crippen LogP contribution in [-0.4, -0.2) is 25.7 Å². The third-order valence-electron chi connectivity index (χ3n) is 0.906. The van der Waals surface area contributed by atoms with Crippen molar-refractivity contribution in [2.24, 2.45) is 0 Å². The van der Waals surface area contributed by atoms with Crippen LogP contribution in [0.3, 0.4) is 0 Å². The van der Waals surface area contributed by atoms with Gasteiger partial charge in [-0.2, -0.15) is 0 Å². The molecule has 1 heterocycles. The Labute approximate surface area is 56.7 Å². The molecule has 0 amide bonds. The van der Waals surface area contributed by atoms with Crippen LogP contribution in [0.5, 0.6) is 0 Å². The molecule has 0 aromatic carbocycles. The van der Waals surface area contributed by atoms with Crippen LogP contribution in [0, 0.1) is 0 Å². The number of hydrogen-bond acceptors (Lipinski definition) is 4. The van der Waals surface area contributed by atoms with Crippen LogP contribution in [0.4, 0.5) is 0 Å². The van der Waals surface area contributed by atoms with Gasteiger partial charge in [0.1, 0.15) is 10.9 Å². The second kappa shape index (κ2) is 2.47. The fourth-order valence-corrected chi connectivity index (χ4v) is 2.94. The van der Waals surface area contributed by atoms with Gasteiger partial charge in [0.2, 0.25) is 0 Å². The smallest absolute Gasteiger partial charge is 0.136 e. The van der Waals surface area contributed by atoms with Crippen molar-refractivity contribution < 1.29 is 10.2 Å². The molecule has 1 fully saturated rings. The van der Waals surface area contributed by atoms with Gasteiger partial charge >= 0.3 is 0 Å². The molecular weight excluding hydrogens is 144 g/mol. The molecule has 1 rings (SSSR count). The summed E-state index contributed by atoms with van der Waals surface area (Å²) in [7, 11) is 0. The van der Waals surface area contributed by atoms with Crippen molar-refractivity contribution in [3.63, 3.8) is 0 Å². The lowest BCUT2D eigenvalue weighted by molar-refractivity contribution is 0.139. The fraction of sp³-hybridized carbons (Fsp3) is 1.00. The van der Waals surface area contributed by atoms with E-state index in [0.29, 0.717) is 4.58 Å². The highest BCUT2D eigenvalue weighted by Gasteiger charge is 2.29. The Morgan fingerprint density at radius 2 is 1.50 bits per heavy atom. The third-order valence-corrected chi connectivity index (χ3v) is 3.58. The topological polar surface area (TPSA) is 40.5 Å². The third kappa shape index (κ3) is 1.31. The second-order valence-corrected chi connectivity index (χ2v) is 4.84. The molecule has 2 N–H and O–H groups in total. The van der Waals surface area contributed by atoms with E-state index in [-0.39, 0.29) is 0 Å². The molecule has 0 aromatic heterocycles. The van der Waals surface area contributed by atoms with Crippen molar-refractivity contribution in [3.05, 3.63) is 0 Å². The van der Waals surface area contributed by atoms with Crippen LogP contribution in [-0.2, 0) is 0 Å². The van der Waals surface area contributed by atoms with Gasteiger partial charge < -0.3 is 10.2 Å². The van der Waals surface area contributed by atoms with Gasteiger partial charge in [0.25, 0.3) is 0 Å². The number of aliphatic hydroxyl groups is 2. The largest absolute Gasteiger partial charge is 0.379 e. The van der Waals surface area contributed by atoms with Gasteiger partial charge in [-0.15, -0.1) is 23.5 Å². The summed E-state index contributed by atoms with van der Waals surface area (Å²) in [5, 5.41) is 17.7. The van der Waals surface area contributed by atoms with E-state index in [4.69, 9.17) is 10.2 Å². The molecule has 0 radical (unpaired) electrons. The molecule has 1 aliphatic heterocycles. The van der Waals surface area contributed by atoms with Crippen molar-refractivity contribution in [3.8, 4) is 0 Å². The maximum absolute atomic E-state index is 8.86. The molecular formula is C4H8O2S2. The van der Waals surface area contributed by atoms with Gasteiger partial charge in [0.05, 0.1) is 4.58 Å². The molecule has 8 heavy (non-hydrogen) atoms. The van der Waals surface area contributed by atoms with E-state index < -0.39 is 10.9 Å². The molecule has 0 aromatic rings. The van der Waals surface area contributed by atoms with Crippen molar-refractivity contribution in [2.75, 3.05) is 0 Å². The molecule has 4 heteroatoms. The molecule has 0 spiro atoms. The summed E-state index contributed by atoms with van der Waals surface area (Å²) in [5.41, 5.74) is -1.15. The number of hydrogen-bond donors (Lipinski definition) is 2. The molecule has 1 saturated heterocycles. The highest BCUT2D eigenvalue weighted by Crippen LogP contribution is 2.40. The van der Waals surface area contributed by atoms with Crippen molar-refractivity contribution in [2.45, 2.75) is 22.4 Å². The van der Waals surface area contributed by atoms with E-state index in [1.165, 1.54) is 23.5 Å². The summed E-state index contributed by atoms with van der Waals surface area (Å²) in [6, 6.07) is 0. The van der Waals surface area contributed by atoms with Crippen LogP contribution < -0.4 is 0 Å². The standard InChI is InChI=1S/C4H8O2S2/c1-2-7-3(5)4(6)8-2/h2-6H,1H3. The number of thioether (sulfide) groups is 2. The van der Waals surface area contributed by atoms with Crippen molar-refractivity contribution in [1.29, 1.82) is 0 Å². The Morgan fingerprint density at radius 3 is 1.62 bits per heavy atom. The van der Waals surface area contributed by atoms with E-state index in [1.54, 1.807) is 0 Å². The maximum Gasteiger partial charge on any atom is 0.136 e. The summed E-state index contributed by atoms with van der Waals surface area (Å²) < 4.78 is 0.333. The summed E-state index contributed by atoms with van der Waals surface area (Å²) in [4.78, 5) is 0. The lowest BCUT2D eigenvalue weighted by Crippen LogP contribution is -2.11. The van der Waals surface area contributed by atoms with E-state index in [9.17, 15) is 0 Å². The average molecular weight is 152 g/mol. The van der Waals surface area contributed by atoms with Crippen LogP contribution >= 0.6 is 23.5 Å². The Morgan fingerprint density at radius 1 is 1.12 bits per heavy atom. The van der Waals surface area contributed by atoms with Crippen LogP contribution in [0.2, 0.25) is 0 Å². The van der Waals surface area contributed by atoms with E-state index >= 15 is 0 Å². The quantitative estimate of drug-likeness (QED) is 0.529. The molecule has 48 valence electrons. The molecule has 2 unspecified atom stereocenters. The summed E-state index contributed by atoms with van der Waals surface area (Å²) in [6.45, 7) is 1.97. The first kappa shape index (κ1) is 6.74. The first-order valence-corrected chi connectivity index (χ1v) is 4.26. The highest BCUT2D eigenvalue weighted by atomic mass is 32.2. The van der Waals surface area contributed by atoms with Crippen molar-refractivity contribution in [1.82, 2.24) is 0 Å². The predicted octanol–water partition coefficient (Wildman–Crippen LogP) is 0.449. The Bertz CT molecular complexity index is 78.1. The predicted molar refractivity (Wildman–Crippen MR) is 36.7 cm³/mol. The normalized spacial score (nSPS) is 47.6. The molecule has 1 aliphatic rings. The van der Waals surface area contributed by atoms with Gasteiger partial charge in [-0.3, -0.25) is 0 Å². The summed E-state index contributed by atoms with van der Waals surface area (Å²) in [6.07, 6.45) is 0. The lowest BCUT2D eigenvalue weighted by atomic mass is 10.8. The minimum Gasteiger partial charge on any atom is -0.379 e. The van der Waals surface area contributed by atoms with Crippen LogP contribution in [0.15, 0.2) is 0 Å². The molecule has 2 nitrogen and oxygen atoms in total. The van der Waals surface area contributed by atoms with Gasteiger partial charge in [0, 0.05) is 0 Å². The minimum atomic E-state index is -0.574. The molecule has 0 aliphatic carbocycles. The molecule has 0 bridgehead atoms. The van der Waals surface area contributed by atoms with Crippen LogP contribution in [0.25, 0.3) is 0 Å². The Kier molecular flexibility index (Phi) is 2.08. The van der Waals surface area contributed by atoms with Gasteiger partial charge in [-0.1, -0.05) is 0 Å². The average Bonchev–Trinajstić information content (AvgIpc) is 1.85. The first-order chi connectivity index (χ1) is 3.70. The zero-order valence-electron chi connectivity index (χ0n) is 4.44. The first-order valence-electron chi connectivity index (χ1n) is 2.37. The molecule has 0 saturated carbocycles. The lowest BCUT2D eigenvalue weighted by Gasteiger charge is -2.01. The van der Waals surface area contributed by atoms with Gasteiger partial charge in [-0.05, 0) is 6.92 Å². The monoisotopic (exact) mass is 152 g/mol. The van der Waals surface area contributed by atoms with Gasteiger partial charge in [0.15, 0.2) is 0 Å². The summed E-state index contributed by atoms with van der Waals surface area (Å²) >= 11 is 2.79. The van der Waals surface area contributed by atoms with Crippen molar-refractivity contribution >= 4 is 23.5 Å². The Balaban J connectivity index is 2.39. The SMILES string of the molecule is CC1SC(O)C(O)S1. The Hall–Kier alpha value is 0.620. The highest BCUT2D eigenvalue weighted by molar-refractivity contribution is 8.20. The minimum absolute atomic E-state index is 0.333. The number of aliphatic hydroxyl groups excluding tert-OH is 2. The zero-order valence-corrected chi connectivity index (χ0v) is 6.08. The van der Waals surface area contributed by atoms with E-state index in [1.807, 2.05) is 6.92 Å². The van der Waals surface area contributed by atoms with E-state index in [2.05, 4.69) is 0 Å². The van der Waals surface area contributed by atoms with E-state index in [0.717, 1.165) is 0 Å².